The van der Waals surface area contributed by atoms with Crippen LogP contribution in [-0.4, -0.2) is 34.7 Å². The maximum atomic E-state index is 12.9. The molecular formula is C18H17N3O4. The molecule has 2 amide bonds. The number of nitro benzene ring substituents is 1. The topological polar surface area (TPSA) is 92.6 Å². The first-order valence-corrected chi connectivity index (χ1v) is 7.85. The van der Waals surface area contributed by atoms with Crippen molar-refractivity contribution in [2.45, 2.75) is 19.0 Å². The average molecular weight is 339 g/mol. The third-order valence-electron chi connectivity index (χ3n) is 4.38. The summed E-state index contributed by atoms with van der Waals surface area (Å²) in [5, 5.41) is 13.4. The smallest absolute Gasteiger partial charge is 0.269 e. The number of likely N-dealkylation sites (N-methyl/N-ethyl adjacent to an activating group) is 1. The Morgan fingerprint density at radius 3 is 2.36 bits per heavy atom. The largest absolute Gasteiger partial charge is 0.357 e. The zero-order valence-electron chi connectivity index (χ0n) is 13.6. The van der Waals surface area contributed by atoms with E-state index in [1.165, 1.54) is 36.2 Å². The van der Waals surface area contributed by atoms with E-state index in [2.05, 4.69) is 5.32 Å². The number of fused-ring (bicyclic) bond motifs is 1. The third-order valence-corrected chi connectivity index (χ3v) is 4.38. The van der Waals surface area contributed by atoms with E-state index >= 15 is 0 Å². The maximum Gasteiger partial charge on any atom is 0.269 e. The SMILES string of the molecule is CNC(=O)[C@@H]1Cc2ccccc2CN1C(=O)c1ccc([N+](=O)[O-])cc1. The first-order chi connectivity index (χ1) is 12.0. The fraction of sp³-hybridized carbons (Fsp3) is 0.222. The standard InChI is InChI=1S/C18H17N3O4/c1-19-17(22)16-10-13-4-2-3-5-14(13)11-20(16)18(23)12-6-8-15(9-7-12)21(24)25/h2-9,16H,10-11H2,1H3,(H,19,22)/t16-/m0/s1. The van der Waals surface area contributed by atoms with E-state index in [1.807, 2.05) is 24.3 Å². The molecule has 7 heteroatoms. The molecule has 0 bridgehead atoms. The van der Waals surface area contributed by atoms with Crippen LogP contribution in [0.4, 0.5) is 5.69 Å². The minimum atomic E-state index is -0.609. The van der Waals surface area contributed by atoms with Gasteiger partial charge in [0.1, 0.15) is 6.04 Å². The number of nitro groups is 1. The van der Waals surface area contributed by atoms with Crippen LogP contribution < -0.4 is 5.32 Å². The van der Waals surface area contributed by atoms with Gasteiger partial charge in [-0.15, -0.1) is 0 Å². The van der Waals surface area contributed by atoms with Crippen LogP contribution >= 0.6 is 0 Å². The summed E-state index contributed by atoms with van der Waals surface area (Å²) in [7, 11) is 1.54. The zero-order valence-corrected chi connectivity index (χ0v) is 13.6. The molecule has 7 nitrogen and oxygen atoms in total. The Morgan fingerprint density at radius 1 is 1.12 bits per heavy atom. The Morgan fingerprint density at radius 2 is 1.76 bits per heavy atom. The fourth-order valence-corrected chi connectivity index (χ4v) is 3.03. The number of nitrogens with zero attached hydrogens (tertiary/aromatic N) is 2. The highest BCUT2D eigenvalue weighted by Crippen LogP contribution is 2.25. The predicted molar refractivity (Wildman–Crippen MR) is 91.0 cm³/mol. The minimum absolute atomic E-state index is 0.0802. The first-order valence-electron chi connectivity index (χ1n) is 7.85. The van der Waals surface area contributed by atoms with Gasteiger partial charge in [0.2, 0.25) is 5.91 Å². The first kappa shape index (κ1) is 16.6. The van der Waals surface area contributed by atoms with Gasteiger partial charge < -0.3 is 10.2 Å². The van der Waals surface area contributed by atoms with Crippen molar-refractivity contribution in [1.82, 2.24) is 10.2 Å². The second kappa shape index (κ2) is 6.72. The van der Waals surface area contributed by atoms with Crippen molar-refractivity contribution in [2.75, 3.05) is 7.05 Å². The summed E-state index contributed by atoms with van der Waals surface area (Å²) in [6.07, 6.45) is 0.439. The van der Waals surface area contributed by atoms with Gasteiger partial charge in [-0.05, 0) is 23.3 Å². The van der Waals surface area contributed by atoms with Gasteiger partial charge in [-0.3, -0.25) is 19.7 Å². The molecule has 0 fully saturated rings. The van der Waals surface area contributed by atoms with Crippen LogP contribution in [0.1, 0.15) is 21.5 Å². The van der Waals surface area contributed by atoms with Gasteiger partial charge in [-0.2, -0.15) is 0 Å². The van der Waals surface area contributed by atoms with Crippen molar-refractivity contribution >= 4 is 17.5 Å². The second-order valence-corrected chi connectivity index (χ2v) is 5.84. The highest BCUT2D eigenvalue weighted by Gasteiger charge is 2.34. The summed E-state index contributed by atoms with van der Waals surface area (Å²) in [6, 6.07) is 12.5. The molecular weight excluding hydrogens is 322 g/mol. The highest BCUT2D eigenvalue weighted by molar-refractivity contribution is 5.98. The Kier molecular flexibility index (Phi) is 4.47. The van der Waals surface area contributed by atoms with Crippen LogP contribution in [0.2, 0.25) is 0 Å². The van der Waals surface area contributed by atoms with Crippen LogP contribution in [0.25, 0.3) is 0 Å². The molecule has 0 radical (unpaired) electrons. The summed E-state index contributed by atoms with van der Waals surface area (Å²) in [6.45, 7) is 0.323. The molecule has 1 atom stereocenters. The van der Waals surface area contributed by atoms with Gasteiger partial charge in [0, 0.05) is 37.7 Å². The maximum absolute atomic E-state index is 12.9. The highest BCUT2D eigenvalue weighted by atomic mass is 16.6. The zero-order chi connectivity index (χ0) is 18.0. The molecule has 1 aliphatic rings. The van der Waals surface area contributed by atoms with E-state index in [-0.39, 0.29) is 17.5 Å². The van der Waals surface area contributed by atoms with Crippen LogP contribution in [0.15, 0.2) is 48.5 Å². The van der Waals surface area contributed by atoms with Crippen LogP contribution in [0.3, 0.4) is 0 Å². The lowest BCUT2D eigenvalue weighted by Gasteiger charge is -2.35. The summed E-state index contributed by atoms with van der Waals surface area (Å²) in [5.41, 5.74) is 2.28. The van der Waals surface area contributed by atoms with Crippen molar-refractivity contribution in [3.05, 3.63) is 75.3 Å². The van der Waals surface area contributed by atoms with Crippen molar-refractivity contribution < 1.29 is 14.5 Å². The number of carbonyl (C=O) groups is 2. The van der Waals surface area contributed by atoms with E-state index in [0.717, 1.165) is 11.1 Å². The van der Waals surface area contributed by atoms with Gasteiger partial charge >= 0.3 is 0 Å². The van der Waals surface area contributed by atoms with Crippen LogP contribution in [0.5, 0.6) is 0 Å². The van der Waals surface area contributed by atoms with E-state index in [0.29, 0.717) is 18.5 Å². The molecule has 2 aromatic carbocycles. The van der Waals surface area contributed by atoms with Crippen molar-refractivity contribution in [1.29, 1.82) is 0 Å². The van der Waals surface area contributed by atoms with Crippen LogP contribution in [-0.2, 0) is 17.8 Å². The molecule has 0 saturated carbocycles. The Balaban J connectivity index is 1.93. The number of nitrogens with one attached hydrogen (secondary N) is 1. The van der Waals surface area contributed by atoms with Crippen molar-refractivity contribution in [3.8, 4) is 0 Å². The summed E-state index contributed by atoms with van der Waals surface area (Å²) >= 11 is 0. The van der Waals surface area contributed by atoms with Gasteiger partial charge in [0.25, 0.3) is 11.6 Å². The van der Waals surface area contributed by atoms with E-state index in [9.17, 15) is 19.7 Å². The molecule has 0 aliphatic carbocycles. The number of rotatable bonds is 3. The molecule has 0 aromatic heterocycles. The Bertz CT molecular complexity index is 832. The fourth-order valence-electron chi connectivity index (χ4n) is 3.03. The monoisotopic (exact) mass is 339 g/mol. The number of benzene rings is 2. The summed E-state index contributed by atoms with van der Waals surface area (Å²) in [5.74, 6) is -0.553. The predicted octanol–water partition coefficient (Wildman–Crippen LogP) is 1.91. The number of carbonyl (C=O) groups excluding carboxylic acids is 2. The summed E-state index contributed by atoms with van der Waals surface area (Å²) < 4.78 is 0. The lowest BCUT2D eigenvalue weighted by molar-refractivity contribution is -0.384. The van der Waals surface area contributed by atoms with Crippen molar-refractivity contribution in [2.24, 2.45) is 0 Å². The number of amides is 2. The molecule has 0 unspecified atom stereocenters. The lowest BCUT2D eigenvalue weighted by atomic mass is 9.93. The molecule has 3 rings (SSSR count). The van der Waals surface area contributed by atoms with Gasteiger partial charge in [0.15, 0.2) is 0 Å². The van der Waals surface area contributed by atoms with Crippen LogP contribution in [0, 0.1) is 10.1 Å². The van der Waals surface area contributed by atoms with E-state index in [1.54, 1.807) is 0 Å². The van der Waals surface area contributed by atoms with Gasteiger partial charge in [-0.25, -0.2) is 0 Å². The number of non-ortho nitro benzene ring substituents is 1. The van der Waals surface area contributed by atoms with E-state index < -0.39 is 11.0 Å². The van der Waals surface area contributed by atoms with Gasteiger partial charge in [-0.1, -0.05) is 24.3 Å². The third kappa shape index (κ3) is 3.21. The van der Waals surface area contributed by atoms with Crippen molar-refractivity contribution in [3.63, 3.8) is 0 Å². The molecule has 0 saturated heterocycles. The lowest BCUT2D eigenvalue weighted by Crippen LogP contribution is -2.51. The Labute approximate surface area is 144 Å². The molecule has 1 heterocycles. The number of hydrogen-bond acceptors (Lipinski definition) is 4. The normalized spacial score (nSPS) is 16.0. The van der Waals surface area contributed by atoms with E-state index in [4.69, 9.17) is 0 Å². The molecule has 1 aliphatic heterocycles. The van der Waals surface area contributed by atoms with Gasteiger partial charge in [0.05, 0.1) is 4.92 Å². The second-order valence-electron chi connectivity index (χ2n) is 5.84. The molecule has 25 heavy (non-hydrogen) atoms. The average Bonchev–Trinajstić information content (AvgIpc) is 2.65. The Hall–Kier alpha value is -3.22. The number of hydrogen-bond donors (Lipinski definition) is 1. The molecule has 2 aromatic rings. The molecule has 1 N–H and O–H groups in total. The summed E-state index contributed by atoms with van der Waals surface area (Å²) in [4.78, 5) is 36.9. The quantitative estimate of drug-likeness (QED) is 0.683. The molecule has 128 valence electrons. The minimum Gasteiger partial charge on any atom is -0.357 e. The molecule has 0 spiro atoms.